The highest BCUT2D eigenvalue weighted by molar-refractivity contribution is 5.94. The lowest BCUT2D eigenvalue weighted by Gasteiger charge is -2.22. The molecular formula is C11H17N5O5. The maximum atomic E-state index is 11.1. The summed E-state index contributed by atoms with van der Waals surface area (Å²) in [6, 6.07) is 0. The summed E-state index contributed by atoms with van der Waals surface area (Å²) in [6.07, 6.45) is -2.77. The van der Waals surface area contributed by atoms with Crippen LogP contribution in [0.25, 0.3) is 0 Å². The number of fused-ring (bicyclic) bond motifs is 1. The normalized spacial score (nSPS) is 34.0. The van der Waals surface area contributed by atoms with E-state index in [2.05, 4.69) is 10.3 Å². The van der Waals surface area contributed by atoms with Gasteiger partial charge in [-0.15, -0.1) is 5.10 Å². The Morgan fingerprint density at radius 2 is 2.19 bits per heavy atom. The summed E-state index contributed by atoms with van der Waals surface area (Å²) < 4.78 is 18.0. The smallest absolute Gasteiger partial charge is 0.273 e. The van der Waals surface area contributed by atoms with E-state index in [1.165, 1.54) is 4.68 Å². The highest BCUT2D eigenvalue weighted by atomic mass is 16.8. The fourth-order valence-electron chi connectivity index (χ4n) is 2.51. The SMILES string of the molecule is CC1(C)O[C@H]2O[C@H](Cn3nnc(C(N)=O)c3N)[C@@H](O)[C@H]2O1. The van der Waals surface area contributed by atoms with Crippen molar-refractivity contribution in [1.82, 2.24) is 15.0 Å². The summed E-state index contributed by atoms with van der Waals surface area (Å²) >= 11 is 0. The van der Waals surface area contributed by atoms with Crippen LogP contribution in [0.1, 0.15) is 24.3 Å². The van der Waals surface area contributed by atoms with Gasteiger partial charge in [-0.05, 0) is 13.8 Å². The number of primary amides is 1. The Hall–Kier alpha value is -1.75. The molecule has 1 aromatic rings. The third-order valence-corrected chi connectivity index (χ3v) is 3.47. The molecule has 2 aliphatic rings. The third kappa shape index (κ3) is 2.35. The van der Waals surface area contributed by atoms with E-state index in [0.717, 1.165) is 0 Å². The van der Waals surface area contributed by atoms with Crippen molar-refractivity contribution in [2.45, 2.75) is 50.8 Å². The molecule has 0 radical (unpaired) electrons. The van der Waals surface area contributed by atoms with Crippen molar-refractivity contribution >= 4 is 11.7 Å². The van der Waals surface area contributed by atoms with Crippen molar-refractivity contribution in [3.05, 3.63) is 5.69 Å². The van der Waals surface area contributed by atoms with Crippen LogP contribution in [0.15, 0.2) is 0 Å². The Morgan fingerprint density at radius 1 is 1.48 bits per heavy atom. The van der Waals surface area contributed by atoms with Crippen molar-refractivity contribution in [3.63, 3.8) is 0 Å². The first-order valence-electron chi connectivity index (χ1n) is 6.46. The highest BCUT2D eigenvalue weighted by Crippen LogP contribution is 2.37. The van der Waals surface area contributed by atoms with Gasteiger partial charge in [0.1, 0.15) is 18.3 Å². The lowest BCUT2D eigenvalue weighted by molar-refractivity contribution is -0.216. The van der Waals surface area contributed by atoms with Gasteiger partial charge in [0.05, 0.1) is 6.54 Å². The minimum atomic E-state index is -0.905. The number of nitrogens with two attached hydrogens (primary N) is 2. The van der Waals surface area contributed by atoms with Crippen molar-refractivity contribution in [1.29, 1.82) is 0 Å². The number of carbonyl (C=O) groups is 1. The Balaban J connectivity index is 1.72. The molecule has 0 unspecified atom stereocenters. The number of anilines is 1. The average molecular weight is 299 g/mol. The third-order valence-electron chi connectivity index (χ3n) is 3.47. The molecule has 0 bridgehead atoms. The number of hydrogen-bond donors (Lipinski definition) is 3. The van der Waals surface area contributed by atoms with Gasteiger partial charge in [0.25, 0.3) is 5.91 Å². The minimum Gasteiger partial charge on any atom is -0.387 e. The molecule has 0 aromatic carbocycles. The molecule has 5 N–H and O–H groups in total. The fraction of sp³-hybridized carbons (Fsp3) is 0.727. The number of nitrogen functional groups attached to an aromatic ring is 1. The Kier molecular flexibility index (Phi) is 3.13. The van der Waals surface area contributed by atoms with Crippen LogP contribution < -0.4 is 11.5 Å². The van der Waals surface area contributed by atoms with Crippen LogP contribution in [0.4, 0.5) is 5.82 Å². The zero-order chi connectivity index (χ0) is 15.4. The van der Waals surface area contributed by atoms with Gasteiger partial charge in [-0.2, -0.15) is 0 Å². The summed E-state index contributed by atoms with van der Waals surface area (Å²) in [5.41, 5.74) is 10.7. The van der Waals surface area contributed by atoms with Gasteiger partial charge in [0.2, 0.25) is 0 Å². The maximum absolute atomic E-state index is 11.1. The molecule has 10 heteroatoms. The molecule has 116 valence electrons. The molecule has 2 fully saturated rings. The first kappa shape index (κ1) is 14.2. The summed E-state index contributed by atoms with van der Waals surface area (Å²) in [4.78, 5) is 11.1. The molecule has 2 aliphatic heterocycles. The molecule has 0 spiro atoms. The van der Waals surface area contributed by atoms with Gasteiger partial charge >= 0.3 is 0 Å². The number of aromatic nitrogens is 3. The molecule has 3 rings (SSSR count). The fourth-order valence-corrected chi connectivity index (χ4v) is 2.51. The second-order valence-corrected chi connectivity index (χ2v) is 5.50. The number of nitrogens with zero attached hydrogens (tertiary/aromatic N) is 3. The van der Waals surface area contributed by atoms with E-state index >= 15 is 0 Å². The predicted octanol–water partition coefficient (Wildman–Crippen LogP) is -1.80. The molecule has 10 nitrogen and oxygen atoms in total. The topological polar surface area (TPSA) is 148 Å². The second-order valence-electron chi connectivity index (χ2n) is 5.50. The summed E-state index contributed by atoms with van der Waals surface area (Å²) in [7, 11) is 0. The Bertz CT molecular complexity index is 573. The number of rotatable bonds is 3. The van der Waals surface area contributed by atoms with E-state index in [1.807, 2.05) is 0 Å². The molecule has 0 aliphatic carbocycles. The van der Waals surface area contributed by atoms with E-state index in [9.17, 15) is 9.90 Å². The Morgan fingerprint density at radius 3 is 2.76 bits per heavy atom. The summed E-state index contributed by atoms with van der Waals surface area (Å²) in [6.45, 7) is 3.59. The average Bonchev–Trinajstić information content (AvgIpc) is 2.96. The zero-order valence-electron chi connectivity index (χ0n) is 11.6. The Labute approximate surface area is 119 Å². The largest absolute Gasteiger partial charge is 0.387 e. The van der Waals surface area contributed by atoms with Crippen LogP contribution in [-0.4, -0.2) is 56.4 Å². The van der Waals surface area contributed by atoms with E-state index in [1.54, 1.807) is 13.8 Å². The minimum absolute atomic E-state index is 0.0255. The van der Waals surface area contributed by atoms with Crippen LogP contribution in [0.3, 0.4) is 0 Å². The van der Waals surface area contributed by atoms with E-state index in [0.29, 0.717) is 0 Å². The maximum Gasteiger partial charge on any atom is 0.273 e. The van der Waals surface area contributed by atoms with Crippen molar-refractivity contribution in [3.8, 4) is 0 Å². The summed E-state index contributed by atoms with van der Waals surface area (Å²) in [5.74, 6) is -1.54. The van der Waals surface area contributed by atoms with Gasteiger partial charge in [0, 0.05) is 0 Å². The number of amides is 1. The number of hydrogen-bond acceptors (Lipinski definition) is 8. The van der Waals surface area contributed by atoms with Gasteiger partial charge in [0.15, 0.2) is 23.6 Å². The molecule has 4 atom stereocenters. The van der Waals surface area contributed by atoms with Crippen LogP contribution >= 0.6 is 0 Å². The van der Waals surface area contributed by atoms with Crippen LogP contribution in [0, 0.1) is 0 Å². The molecule has 0 saturated carbocycles. The molecule has 2 saturated heterocycles. The number of carbonyl (C=O) groups excluding carboxylic acids is 1. The van der Waals surface area contributed by atoms with Gasteiger partial charge in [-0.25, -0.2) is 4.68 Å². The first-order valence-corrected chi connectivity index (χ1v) is 6.46. The van der Waals surface area contributed by atoms with E-state index in [-0.39, 0.29) is 18.1 Å². The van der Waals surface area contributed by atoms with Crippen LogP contribution in [0.5, 0.6) is 0 Å². The van der Waals surface area contributed by atoms with Crippen LogP contribution in [-0.2, 0) is 20.8 Å². The first-order chi connectivity index (χ1) is 9.78. The lowest BCUT2D eigenvalue weighted by Crippen LogP contribution is -2.36. The van der Waals surface area contributed by atoms with E-state index < -0.39 is 36.3 Å². The van der Waals surface area contributed by atoms with Crippen LogP contribution in [0.2, 0.25) is 0 Å². The second kappa shape index (κ2) is 4.63. The standard InChI is InChI=1S/C11H17N5O5/c1-11(2)20-7-6(17)4(19-10(7)21-11)3-16-8(12)5(9(13)18)14-15-16/h4,6-7,10,17H,3,12H2,1-2H3,(H2,13,18)/t4-,6-,7-,10-/m1/s1. The van der Waals surface area contributed by atoms with Gasteiger partial charge in [-0.3, -0.25) is 4.79 Å². The quantitative estimate of drug-likeness (QED) is 0.592. The molecule has 1 amide bonds. The van der Waals surface area contributed by atoms with Crippen molar-refractivity contribution < 1.29 is 24.1 Å². The zero-order valence-corrected chi connectivity index (χ0v) is 11.6. The molecular weight excluding hydrogens is 282 g/mol. The van der Waals surface area contributed by atoms with Gasteiger partial charge in [-0.1, -0.05) is 5.21 Å². The van der Waals surface area contributed by atoms with Gasteiger partial charge < -0.3 is 30.8 Å². The summed E-state index contributed by atoms with van der Waals surface area (Å²) in [5, 5.41) is 17.6. The molecule has 3 heterocycles. The highest BCUT2D eigenvalue weighted by Gasteiger charge is 2.54. The number of aliphatic hydroxyl groups excluding tert-OH is 1. The van der Waals surface area contributed by atoms with Crippen molar-refractivity contribution in [2.75, 3.05) is 5.73 Å². The van der Waals surface area contributed by atoms with E-state index in [4.69, 9.17) is 25.7 Å². The lowest BCUT2D eigenvalue weighted by atomic mass is 10.1. The number of ether oxygens (including phenoxy) is 3. The number of aliphatic hydroxyl groups is 1. The van der Waals surface area contributed by atoms with Crippen molar-refractivity contribution in [2.24, 2.45) is 5.73 Å². The monoisotopic (exact) mass is 299 g/mol. The predicted molar refractivity (Wildman–Crippen MR) is 67.7 cm³/mol. The molecule has 21 heavy (non-hydrogen) atoms. The molecule has 1 aromatic heterocycles.